The van der Waals surface area contributed by atoms with Gasteiger partial charge in [0.1, 0.15) is 12.2 Å². The number of aromatic nitrogens is 3. The van der Waals surface area contributed by atoms with E-state index in [2.05, 4.69) is 29.2 Å². The van der Waals surface area contributed by atoms with Crippen LogP contribution in [0, 0.1) is 5.92 Å². The second-order valence-corrected chi connectivity index (χ2v) is 4.27. The Bertz CT molecular complexity index is 285. The largest absolute Gasteiger partial charge is 0.380 e. The van der Waals surface area contributed by atoms with E-state index in [4.69, 9.17) is 4.74 Å². The summed E-state index contributed by atoms with van der Waals surface area (Å²) in [6.45, 7) is 7.61. The van der Waals surface area contributed by atoms with Gasteiger partial charge < -0.3 is 10.1 Å². The van der Waals surface area contributed by atoms with E-state index in [1.165, 1.54) is 0 Å². The molecule has 1 N–H and O–H groups in total. The van der Waals surface area contributed by atoms with E-state index in [-0.39, 0.29) is 0 Å². The first-order chi connectivity index (χ1) is 7.70. The highest BCUT2D eigenvalue weighted by Crippen LogP contribution is 1.98. The van der Waals surface area contributed by atoms with Crippen molar-refractivity contribution in [2.45, 2.75) is 26.8 Å². The Morgan fingerprint density at radius 3 is 2.88 bits per heavy atom. The van der Waals surface area contributed by atoms with E-state index in [0.717, 1.165) is 38.5 Å². The van der Waals surface area contributed by atoms with E-state index in [0.29, 0.717) is 5.92 Å². The molecule has 16 heavy (non-hydrogen) atoms. The van der Waals surface area contributed by atoms with Gasteiger partial charge in [-0.15, -0.1) is 0 Å². The lowest BCUT2D eigenvalue weighted by molar-refractivity contribution is 0.125. The van der Waals surface area contributed by atoms with E-state index < -0.39 is 0 Å². The van der Waals surface area contributed by atoms with Crippen molar-refractivity contribution in [3.8, 4) is 0 Å². The van der Waals surface area contributed by atoms with Crippen molar-refractivity contribution in [2.75, 3.05) is 19.8 Å². The van der Waals surface area contributed by atoms with Gasteiger partial charge in [0.15, 0.2) is 0 Å². The topological polar surface area (TPSA) is 52.0 Å². The summed E-state index contributed by atoms with van der Waals surface area (Å²) in [5.74, 6) is 1.66. The van der Waals surface area contributed by atoms with Gasteiger partial charge in [0, 0.05) is 20.2 Å². The molecule has 5 heteroatoms. The third-order valence-corrected chi connectivity index (χ3v) is 2.35. The Morgan fingerprint density at radius 1 is 1.44 bits per heavy atom. The Balaban J connectivity index is 1.94. The van der Waals surface area contributed by atoms with Crippen molar-refractivity contribution in [1.29, 1.82) is 0 Å². The Hall–Kier alpha value is -0.940. The third-order valence-electron chi connectivity index (χ3n) is 2.35. The molecule has 1 aromatic rings. The van der Waals surface area contributed by atoms with Gasteiger partial charge >= 0.3 is 0 Å². The van der Waals surface area contributed by atoms with Crippen LogP contribution in [-0.4, -0.2) is 34.5 Å². The SMILES string of the molecule is CC(C)CCOCCNCc1ncnn1C. The summed E-state index contributed by atoms with van der Waals surface area (Å²) in [4.78, 5) is 4.12. The highest BCUT2D eigenvalue weighted by Gasteiger charge is 1.98. The minimum atomic E-state index is 0.714. The maximum absolute atomic E-state index is 5.49. The minimum absolute atomic E-state index is 0.714. The number of nitrogens with zero attached hydrogens (tertiary/aromatic N) is 3. The van der Waals surface area contributed by atoms with Crippen LogP contribution in [0.1, 0.15) is 26.1 Å². The van der Waals surface area contributed by atoms with Crippen molar-refractivity contribution >= 4 is 0 Å². The molecule has 0 amide bonds. The van der Waals surface area contributed by atoms with Crippen molar-refractivity contribution in [3.63, 3.8) is 0 Å². The molecule has 1 aromatic heterocycles. The van der Waals surface area contributed by atoms with Crippen LogP contribution < -0.4 is 5.32 Å². The van der Waals surface area contributed by atoms with Gasteiger partial charge in [0.2, 0.25) is 0 Å². The second kappa shape index (κ2) is 7.35. The van der Waals surface area contributed by atoms with Crippen molar-refractivity contribution in [3.05, 3.63) is 12.2 Å². The molecule has 1 rings (SSSR count). The summed E-state index contributed by atoms with van der Waals surface area (Å²) < 4.78 is 7.26. The maximum atomic E-state index is 5.49. The number of hydrogen-bond acceptors (Lipinski definition) is 4. The van der Waals surface area contributed by atoms with Crippen LogP contribution in [0.25, 0.3) is 0 Å². The summed E-state index contributed by atoms with van der Waals surface area (Å²) in [6, 6.07) is 0. The molecule has 1 heterocycles. The predicted octanol–water partition coefficient (Wildman–Crippen LogP) is 0.967. The number of ether oxygens (including phenoxy) is 1. The average Bonchev–Trinajstić information content (AvgIpc) is 2.62. The van der Waals surface area contributed by atoms with Gasteiger partial charge in [-0.05, 0) is 12.3 Å². The van der Waals surface area contributed by atoms with Crippen LogP contribution in [0.2, 0.25) is 0 Å². The van der Waals surface area contributed by atoms with Gasteiger partial charge in [-0.1, -0.05) is 13.8 Å². The Morgan fingerprint density at radius 2 is 2.25 bits per heavy atom. The minimum Gasteiger partial charge on any atom is -0.380 e. The zero-order valence-corrected chi connectivity index (χ0v) is 10.4. The van der Waals surface area contributed by atoms with E-state index >= 15 is 0 Å². The Kier molecular flexibility index (Phi) is 6.03. The van der Waals surface area contributed by atoms with Gasteiger partial charge in [-0.25, -0.2) is 4.98 Å². The molecule has 0 saturated carbocycles. The average molecular weight is 226 g/mol. The summed E-state index contributed by atoms with van der Waals surface area (Å²) in [7, 11) is 1.89. The molecule has 0 saturated heterocycles. The fourth-order valence-corrected chi connectivity index (χ4v) is 1.25. The lowest BCUT2D eigenvalue weighted by Crippen LogP contribution is -2.21. The predicted molar refractivity (Wildman–Crippen MR) is 63.0 cm³/mol. The smallest absolute Gasteiger partial charge is 0.140 e. The molecule has 5 nitrogen and oxygen atoms in total. The molecule has 0 aromatic carbocycles. The first-order valence-electron chi connectivity index (χ1n) is 5.81. The summed E-state index contributed by atoms with van der Waals surface area (Å²) in [5.41, 5.74) is 0. The van der Waals surface area contributed by atoms with E-state index in [9.17, 15) is 0 Å². The van der Waals surface area contributed by atoms with Gasteiger partial charge in [-0.2, -0.15) is 5.10 Å². The van der Waals surface area contributed by atoms with Crippen LogP contribution in [0.15, 0.2) is 6.33 Å². The molecule has 0 bridgehead atoms. The van der Waals surface area contributed by atoms with Crippen molar-refractivity contribution in [2.24, 2.45) is 13.0 Å². The van der Waals surface area contributed by atoms with E-state index in [1.54, 1.807) is 11.0 Å². The molecule has 0 atom stereocenters. The fourth-order valence-electron chi connectivity index (χ4n) is 1.25. The Labute approximate surface area is 97.2 Å². The maximum Gasteiger partial charge on any atom is 0.140 e. The highest BCUT2D eigenvalue weighted by atomic mass is 16.5. The highest BCUT2D eigenvalue weighted by molar-refractivity contribution is 4.81. The third kappa shape index (κ3) is 5.23. The first kappa shape index (κ1) is 13.1. The molecular formula is C11H22N4O. The molecule has 0 radical (unpaired) electrons. The zero-order chi connectivity index (χ0) is 11.8. The van der Waals surface area contributed by atoms with Crippen LogP contribution in [-0.2, 0) is 18.3 Å². The monoisotopic (exact) mass is 226 g/mol. The zero-order valence-electron chi connectivity index (χ0n) is 10.4. The summed E-state index contributed by atoms with van der Waals surface area (Å²) >= 11 is 0. The second-order valence-electron chi connectivity index (χ2n) is 4.27. The summed E-state index contributed by atoms with van der Waals surface area (Å²) in [5, 5.41) is 7.27. The molecule has 0 aliphatic rings. The molecule has 0 spiro atoms. The molecular weight excluding hydrogens is 204 g/mol. The number of rotatable bonds is 8. The van der Waals surface area contributed by atoms with Crippen LogP contribution in [0.5, 0.6) is 0 Å². The van der Waals surface area contributed by atoms with Gasteiger partial charge in [0.25, 0.3) is 0 Å². The lowest BCUT2D eigenvalue weighted by Gasteiger charge is -2.07. The normalized spacial score (nSPS) is 11.2. The first-order valence-corrected chi connectivity index (χ1v) is 5.81. The number of nitrogens with one attached hydrogen (secondary N) is 1. The van der Waals surface area contributed by atoms with Gasteiger partial charge in [0.05, 0.1) is 13.2 Å². The quantitative estimate of drug-likeness (QED) is 0.671. The van der Waals surface area contributed by atoms with Crippen molar-refractivity contribution in [1.82, 2.24) is 20.1 Å². The summed E-state index contributed by atoms with van der Waals surface area (Å²) in [6.07, 6.45) is 2.69. The van der Waals surface area contributed by atoms with Crippen LogP contribution in [0.4, 0.5) is 0 Å². The molecule has 0 unspecified atom stereocenters. The fraction of sp³-hybridized carbons (Fsp3) is 0.818. The van der Waals surface area contributed by atoms with Crippen molar-refractivity contribution < 1.29 is 4.74 Å². The molecule has 92 valence electrons. The molecule has 0 aliphatic heterocycles. The number of hydrogen-bond donors (Lipinski definition) is 1. The van der Waals surface area contributed by atoms with E-state index in [1.807, 2.05) is 7.05 Å². The number of aryl methyl sites for hydroxylation is 1. The van der Waals surface area contributed by atoms with Crippen LogP contribution in [0.3, 0.4) is 0 Å². The molecule has 0 aliphatic carbocycles. The standard InChI is InChI=1S/C11H22N4O/c1-10(2)4-6-16-7-5-12-8-11-13-9-14-15(11)3/h9-10,12H,4-8H2,1-3H3. The van der Waals surface area contributed by atoms with Gasteiger partial charge in [-0.3, -0.25) is 4.68 Å². The lowest BCUT2D eigenvalue weighted by atomic mass is 10.1. The van der Waals surface area contributed by atoms with Crippen LogP contribution >= 0.6 is 0 Å². The molecule has 0 fully saturated rings.